The van der Waals surface area contributed by atoms with E-state index in [1.807, 2.05) is 17.3 Å². The second-order valence-electron chi connectivity index (χ2n) is 7.90. The summed E-state index contributed by atoms with van der Waals surface area (Å²) in [7, 11) is 2.20. The third-order valence-corrected chi connectivity index (χ3v) is 5.55. The average molecular weight is 369 g/mol. The maximum atomic E-state index is 12.6. The maximum Gasteiger partial charge on any atom is 0.224 e. The molecule has 1 aromatic carbocycles. The topological polar surface area (TPSA) is 41.4 Å². The second-order valence-corrected chi connectivity index (χ2v) is 7.90. The van der Waals surface area contributed by atoms with E-state index in [1.54, 1.807) is 0 Å². The fourth-order valence-corrected chi connectivity index (χ4v) is 3.94. The van der Waals surface area contributed by atoms with Crippen molar-refractivity contribution in [3.05, 3.63) is 54.1 Å². The van der Waals surface area contributed by atoms with Gasteiger partial charge in [-0.05, 0) is 25.5 Å². The van der Waals surface area contributed by atoms with E-state index in [-0.39, 0.29) is 5.91 Å². The number of benzene rings is 1. The molecule has 5 heteroatoms. The van der Waals surface area contributed by atoms with E-state index in [4.69, 9.17) is 0 Å². The first-order valence-corrected chi connectivity index (χ1v) is 10.1. The van der Waals surface area contributed by atoms with E-state index in [2.05, 4.69) is 65.7 Å². The number of aromatic nitrogens is 2. The fourth-order valence-electron chi connectivity index (χ4n) is 3.94. The van der Waals surface area contributed by atoms with Crippen LogP contribution in [0.2, 0.25) is 0 Å². The number of piperidine rings is 1. The zero-order chi connectivity index (χ0) is 19.2. The Morgan fingerprint density at radius 2 is 1.93 bits per heavy atom. The van der Waals surface area contributed by atoms with Gasteiger partial charge in [0.25, 0.3) is 0 Å². The second kappa shape index (κ2) is 9.18. The molecular weight excluding hydrogens is 336 g/mol. The van der Waals surface area contributed by atoms with Crippen molar-refractivity contribution in [2.75, 3.05) is 20.1 Å². The lowest BCUT2D eigenvalue weighted by Gasteiger charge is -2.37. The Labute approximate surface area is 163 Å². The molecule has 0 atom stereocenters. The molecule has 0 unspecified atom stereocenters. The molecular formula is C22H32N4O. The molecule has 0 bridgehead atoms. The molecule has 146 valence electrons. The number of carbonyl (C=O) groups is 1. The lowest BCUT2D eigenvalue weighted by molar-refractivity contribution is -0.133. The molecule has 1 amide bonds. The van der Waals surface area contributed by atoms with Crippen LogP contribution in [0, 0.1) is 0 Å². The van der Waals surface area contributed by atoms with Crippen LogP contribution in [-0.4, -0.2) is 51.4 Å². The van der Waals surface area contributed by atoms with Crippen molar-refractivity contribution in [2.24, 2.45) is 0 Å². The molecule has 1 fully saturated rings. The Morgan fingerprint density at radius 3 is 2.59 bits per heavy atom. The number of hydrogen-bond acceptors (Lipinski definition) is 3. The van der Waals surface area contributed by atoms with Crippen LogP contribution in [0.1, 0.15) is 50.4 Å². The van der Waals surface area contributed by atoms with Crippen molar-refractivity contribution >= 4 is 5.91 Å². The standard InChI is InChI=1S/C22H32N4O/c1-18(2)22-23-12-16-26(22)15-11-21(27)25-13-9-20(10-14-25)24(3)17-19-7-5-4-6-8-19/h4-8,12,16,18,20H,9-11,13-15,17H2,1-3H3. The maximum absolute atomic E-state index is 12.6. The first-order valence-electron chi connectivity index (χ1n) is 10.1. The number of aryl methyl sites for hydroxylation is 1. The first-order chi connectivity index (χ1) is 13.0. The van der Waals surface area contributed by atoms with Crippen LogP contribution in [0.3, 0.4) is 0 Å². The van der Waals surface area contributed by atoms with E-state index in [0.717, 1.165) is 44.8 Å². The summed E-state index contributed by atoms with van der Waals surface area (Å²) in [6, 6.07) is 11.1. The molecule has 1 aromatic heterocycles. The van der Waals surface area contributed by atoms with E-state index in [0.29, 0.717) is 18.4 Å². The van der Waals surface area contributed by atoms with Crippen molar-refractivity contribution in [1.29, 1.82) is 0 Å². The van der Waals surface area contributed by atoms with E-state index in [9.17, 15) is 4.79 Å². The summed E-state index contributed by atoms with van der Waals surface area (Å²) in [5.41, 5.74) is 1.35. The molecule has 0 saturated carbocycles. The third-order valence-electron chi connectivity index (χ3n) is 5.55. The van der Waals surface area contributed by atoms with Crippen molar-refractivity contribution in [3.63, 3.8) is 0 Å². The largest absolute Gasteiger partial charge is 0.343 e. The van der Waals surface area contributed by atoms with Crippen LogP contribution in [0.4, 0.5) is 0 Å². The number of imidazole rings is 1. The third kappa shape index (κ3) is 5.19. The SMILES string of the molecule is CC(C)c1nccn1CCC(=O)N1CCC(N(C)Cc2ccccc2)CC1. The predicted molar refractivity (Wildman–Crippen MR) is 108 cm³/mol. The molecule has 0 spiro atoms. The van der Waals surface area contributed by atoms with Crippen molar-refractivity contribution in [1.82, 2.24) is 19.4 Å². The Bertz CT molecular complexity index is 717. The van der Waals surface area contributed by atoms with Gasteiger partial charge in [-0.15, -0.1) is 0 Å². The molecule has 1 saturated heterocycles. The molecule has 1 aliphatic heterocycles. The molecule has 0 aliphatic carbocycles. The summed E-state index contributed by atoms with van der Waals surface area (Å²) in [6.45, 7) is 7.69. The van der Waals surface area contributed by atoms with Gasteiger partial charge in [-0.2, -0.15) is 0 Å². The van der Waals surface area contributed by atoms with Crippen LogP contribution < -0.4 is 0 Å². The van der Waals surface area contributed by atoms with Gasteiger partial charge < -0.3 is 9.47 Å². The highest BCUT2D eigenvalue weighted by Crippen LogP contribution is 2.19. The van der Waals surface area contributed by atoms with E-state index in [1.165, 1.54) is 5.56 Å². The van der Waals surface area contributed by atoms with Crippen molar-refractivity contribution in [3.8, 4) is 0 Å². The van der Waals surface area contributed by atoms with Gasteiger partial charge in [-0.3, -0.25) is 9.69 Å². The molecule has 3 rings (SSSR count). The van der Waals surface area contributed by atoms with Crippen molar-refractivity contribution in [2.45, 2.75) is 58.2 Å². The zero-order valence-corrected chi connectivity index (χ0v) is 16.8. The smallest absolute Gasteiger partial charge is 0.224 e. The normalized spacial score (nSPS) is 15.7. The summed E-state index contributed by atoms with van der Waals surface area (Å²) in [5, 5.41) is 0. The summed E-state index contributed by atoms with van der Waals surface area (Å²) >= 11 is 0. The van der Waals surface area contributed by atoms with Crippen LogP contribution in [-0.2, 0) is 17.9 Å². The highest BCUT2D eigenvalue weighted by molar-refractivity contribution is 5.76. The number of nitrogens with zero attached hydrogens (tertiary/aromatic N) is 4. The average Bonchev–Trinajstić information content (AvgIpc) is 3.16. The van der Waals surface area contributed by atoms with Gasteiger partial charge in [0.05, 0.1) is 0 Å². The van der Waals surface area contributed by atoms with Gasteiger partial charge in [-0.25, -0.2) is 4.98 Å². The highest BCUT2D eigenvalue weighted by Gasteiger charge is 2.25. The Hall–Kier alpha value is -2.14. The van der Waals surface area contributed by atoms with Crippen LogP contribution in [0.25, 0.3) is 0 Å². The van der Waals surface area contributed by atoms with Crippen molar-refractivity contribution < 1.29 is 4.79 Å². The van der Waals surface area contributed by atoms with E-state index >= 15 is 0 Å². The van der Waals surface area contributed by atoms with Gasteiger partial charge in [0, 0.05) is 57.0 Å². The van der Waals surface area contributed by atoms with Gasteiger partial charge in [0.1, 0.15) is 5.82 Å². The lowest BCUT2D eigenvalue weighted by atomic mass is 10.0. The summed E-state index contributed by atoms with van der Waals surface area (Å²) in [5.74, 6) is 1.71. The minimum Gasteiger partial charge on any atom is -0.343 e. The fraction of sp³-hybridized carbons (Fsp3) is 0.545. The Kier molecular flexibility index (Phi) is 6.67. The Morgan fingerprint density at radius 1 is 1.22 bits per heavy atom. The molecule has 2 heterocycles. The van der Waals surface area contributed by atoms with Gasteiger partial charge in [0.2, 0.25) is 5.91 Å². The number of hydrogen-bond donors (Lipinski definition) is 0. The summed E-state index contributed by atoms with van der Waals surface area (Å²) in [4.78, 5) is 21.5. The number of rotatable bonds is 7. The number of likely N-dealkylation sites (tertiary alicyclic amines) is 1. The molecule has 0 N–H and O–H groups in total. The highest BCUT2D eigenvalue weighted by atomic mass is 16.2. The monoisotopic (exact) mass is 368 g/mol. The minimum atomic E-state index is 0.266. The first kappa shape index (κ1) is 19.6. The zero-order valence-electron chi connectivity index (χ0n) is 16.8. The quantitative estimate of drug-likeness (QED) is 0.751. The lowest BCUT2D eigenvalue weighted by Crippen LogP contribution is -2.45. The number of carbonyl (C=O) groups excluding carboxylic acids is 1. The van der Waals surface area contributed by atoms with Crippen LogP contribution >= 0.6 is 0 Å². The van der Waals surface area contributed by atoms with Crippen LogP contribution in [0.15, 0.2) is 42.7 Å². The predicted octanol–water partition coefficient (Wildman–Crippen LogP) is 3.52. The van der Waals surface area contributed by atoms with Gasteiger partial charge >= 0.3 is 0 Å². The summed E-state index contributed by atoms with van der Waals surface area (Å²) in [6.07, 6.45) is 6.47. The van der Waals surface area contributed by atoms with Gasteiger partial charge in [0.15, 0.2) is 0 Å². The summed E-state index contributed by atoms with van der Waals surface area (Å²) < 4.78 is 2.11. The number of amides is 1. The van der Waals surface area contributed by atoms with E-state index < -0.39 is 0 Å². The molecule has 27 heavy (non-hydrogen) atoms. The Balaban J connectivity index is 1.44. The van der Waals surface area contributed by atoms with Crippen LogP contribution in [0.5, 0.6) is 0 Å². The molecule has 2 aromatic rings. The molecule has 1 aliphatic rings. The molecule has 5 nitrogen and oxygen atoms in total. The van der Waals surface area contributed by atoms with Gasteiger partial charge in [-0.1, -0.05) is 44.2 Å². The molecule has 0 radical (unpaired) electrons. The minimum absolute atomic E-state index is 0.266.